The van der Waals surface area contributed by atoms with E-state index >= 15 is 0 Å². The maximum atomic E-state index is 13.0. The molecule has 0 saturated heterocycles. The summed E-state index contributed by atoms with van der Waals surface area (Å²) in [5.41, 5.74) is 6.88. The van der Waals surface area contributed by atoms with Crippen LogP contribution in [-0.2, 0) is 5.54 Å². The van der Waals surface area contributed by atoms with E-state index in [4.69, 9.17) is 5.73 Å². The van der Waals surface area contributed by atoms with Gasteiger partial charge in [-0.1, -0.05) is 25.5 Å². The van der Waals surface area contributed by atoms with Crippen molar-refractivity contribution in [1.29, 1.82) is 0 Å². The van der Waals surface area contributed by atoms with Crippen molar-refractivity contribution in [2.45, 2.75) is 31.7 Å². The monoisotopic (exact) mass is 193 g/mol. The largest absolute Gasteiger partial charge is 0.321 e. The molecule has 0 aliphatic heterocycles. The highest BCUT2D eigenvalue weighted by Crippen LogP contribution is 2.44. The molecule has 1 fully saturated rings. The fraction of sp³-hybridized carbons (Fsp3) is 0.500. The van der Waals surface area contributed by atoms with Crippen molar-refractivity contribution in [2.75, 3.05) is 0 Å². The van der Waals surface area contributed by atoms with Crippen molar-refractivity contribution in [2.24, 2.45) is 11.7 Å². The lowest BCUT2D eigenvalue weighted by Crippen LogP contribution is -2.48. The predicted octanol–water partition coefficient (Wildman–Crippen LogP) is 2.80. The van der Waals surface area contributed by atoms with Crippen LogP contribution in [0.4, 0.5) is 4.39 Å². The van der Waals surface area contributed by atoms with Crippen LogP contribution >= 0.6 is 0 Å². The van der Waals surface area contributed by atoms with E-state index in [0.717, 1.165) is 24.3 Å². The average Bonchev–Trinajstić information content (AvgIpc) is 2.13. The SMILES string of the molecule is CCC1CC(N)(c2cccc(F)c2)C1. The molecule has 0 amide bonds. The molecule has 1 saturated carbocycles. The molecule has 2 N–H and O–H groups in total. The molecule has 0 heterocycles. The van der Waals surface area contributed by atoms with Gasteiger partial charge in [-0.25, -0.2) is 4.39 Å². The van der Waals surface area contributed by atoms with Gasteiger partial charge in [0.1, 0.15) is 5.82 Å². The van der Waals surface area contributed by atoms with Crippen molar-refractivity contribution in [1.82, 2.24) is 0 Å². The molecule has 0 radical (unpaired) electrons. The number of hydrogen-bond acceptors (Lipinski definition) is 1. The molecular weight excluding hydrogens is 177 g/mol. The first kappa shape index (κ1) is 9.66. The molecule has 0 aromatic heterocycles. The molecule has 1 aliphatic rings. The van der Waals surface area contributed by atoms with E-state index in [2.05, 4.69) is 6.92 Å². The van der Waals surface area contributed by atoms with E-state index in [1.54, 1.807) is 12.1 Å². The summed E-state index contributed by atoms with van der Waals surface area (Å²) in [6.45, 7) is 2.18. The molecular formula is C12H16FN. The van der Waals surface area contributed by atoms with Crippen LogP contribution in [0, 0.1) is 11.7 Å². The number of nitrogens with two attached hydrogens (primary N) is 1. The van der Waals surface area contributed by atoms with E-state index in [9.17, 15) is 4.39 Å². The number of rotatable bonds is 2. The highest BCUT2D eigenvalue weighted by Gasteiger charge is 2.41. The average molecular weight is 193 g/mol. The molecule has 14 heavy (non-hydrogen) atoms. The van der Waals surface area contributed by atoms with Crippen LogP contribution in [0.5, 0.6) is 0 Å². The smallest absolute Gasteiger partial charge is 0.123 e. The summed E-state index contributed by atoms with van der Waals surface area (Å²) in [6.07, 6.45) is 3.16. The van der Waals surface area contributed by atoms with E-state index in [1.165, 1.54) is 12.5 Å². The molecule has 1 aromatic rings. The minimum absolute atomic E-state index is 0.188. The van der Waals surface area contributed by atoms with Gasteiger partial charge in [0.2, 0.25) is 0 Å². The third kappa shape index (κ3) is 1.55. The third-order valence-electron chi connectivity index (χ3n) is 3.28. The standard InChI is InChI=1S/C12H16FN/c1-2-9-7-12(14,8-9)10-4-3-5-11(13)6-10/h3-6,9H,2,7-8,14H2,1H3. The lowest BCUT2D eigenvalue weighted by molar-refractivity contribution is 0.143. The fourth-order valence-corrected chi connectivity index (χ4v) is 2.29. The summed E-state index contributed by atoms with van der Waals surface area (Å²) in [5, 5.41) is 0. The first-order valence-electron chi connectivity index (χ1n) is 5.19. The Kier molecular flexibility index (Phi) is 2.31. The molecule has 0 spiro atoms. The lowest BCUT2D eigenvalue weighted by Gasteiger charge is -2.45. The topological polar surface area (TPSA) is 26.0 Å². The zero-order chi connectivity index (χ0) is 10.2. The van der Waals surface area contributed by atoms with Crippen LogP contribution in [0.3, 0.4) is 0 Å². The Hall–Kier alpha value is -0.890. The fourth-order valence-electron chi connectivity index (χ4n) is 2.29. The summed E-state index contributed by atoms with van der Waals surface area (Å²) in [7, 11) is 0. The van der Waals surface area contributed by atoms with Gasteiger partial charge in [-0.3, -0.25) is 0 Å². The highest BCUT2D eigenvalue weighted by molar-refractivity contribution is 5.27. The van der Waals surface area contributed by atoms with Gasteiger partial charge in [0, 0.05) is 5.54 Å². The maximum Gasteiger partial charge on any atom is 0.123 e. The highest BCUT2D eigenvalue weighted by atomic mass is 19.1. The van der Waals surface area contributed by atoms with Crippen LogP contribution < -0.4 is 5.73 Å². The Morgan fingerprint density at radius 1 is 1.50 bits per heavy atom. The van der Waals surface area contributed by atoms with Crippen LogP contribution in [0.1, 0.15) is 31.7 Å². The zero-order valence-corrected chi connectivity index (χ0v) is 8.46. The van der Waals surface area contributed by atoms with Gasteiger partial charge < -0.3 is 5.73 Å². The van der Waals surface area contributed by atoms with E-state index in [0.29, 0.717) is 0 Å². The van der Waals surface area contributed by atoms with Crippen LogP contribution in [0.25, 0.3) is 0 Å². The molecule has 2 heteroatoms. The second-order valence-corrected chi connectivity index (χ2v) is 4.35. The Labute approximate surface area is 84.1 Å². The molecule has 1 aromatic carbocycles. The predicted molar refractivity (Wildman–Crippen MR) is 55.3 cm³/mol. The van der Waals surface area contributed by atoms with Gasteiger partial charge in [0.25, 0.3) is 0 Å². The van der Waals surface area contributed by atoms with Gasteiger partial charge in [-0.2, -0.15) is 0 Å². The summed E-state index contributed by atoms with van der Waals surface area (Å²) in [4.78, 5) is 0. The van der Waals surface area contributed by atoms with Crippen molar-refractivity contribution in [3.63, 3.8) is 0 Å². The van der Waals surface area contributed by atoms with Crippen LogP contribution in [0.15, 0.2) is 24.3 Å². The summed E-state index contributed by atoms with van der Waals surface area (Å²) >= 11 is 0. The third-order valence-corrected chi connectivity index (χ3v) is 3.28. The first-order valence-corrected chi connectivity index (χ1v) is 5.19. The van der Waals surface area contributed by atoms with Gasteiger partial charge in [-0.15, -0.1) is 0 Å². The first-order chi connectivity index (χ1) is 6.64. The van der Waals surface area contributed by atoms with Crippen molar-refractivity contribution in [3.05, 3.63) is 35.6 Å². The number of hydrogen-bond donors (Lipinski definition) is 1. The van der Waals surface area contributed by atoms with Gasteiger partial charge in [0.05, 0.1) is 0 Å². The molecule has 76 valence electrons. The van der Waals surface area contributed by atoms with Crippen molar-refractivity contribution < 1.29 is 4.39 Å². The lowest BCUT2D eigenvalue weighted by atomic mass is 9.64. The van der Waals surface area contributed by atoms with Crippen LogP contribution in [-0.4, -0.2) is 0 Å². The minimum atomic E-state index is -0.261. The van der Waals surface area contributed by atoms with Gasteiger partial charge in [-0.05, 0) is 36.5 Å². The second kappa shape index (κ2) is 3.35. The summed E-state index contributed by atoms with van der Waals surface area (Å²) in [6, 6.07) is 6.68. The summed E-state index contributed by atoms with van der Waals surface area (Å²) in [5.74, 6) is 0.538. The Bertz CT molecular complexity index is 329. The van der Waals surface area contributed by atoms with Gasteiger partial charge >= 0.3 is 0 Å². The van der Waals surface area contributed by atoms with Crippen LogP contribution in [0.2, 0.25) is 0 Å². The molecule has 0 atom stereocenters. The Morgan fingerprint density at radius 3 is 2.79 bits per heavy atom. The Morgan fingerprint density at radius 2 is 2.21 bits per heavy atom. The van der Waals surface area contributed by atoms with E-state index in [1.807, 2.05) is 6.07 Å². The quantitative estimate of drug-likeness (QED) is 0.768. The molecule has 2 rings (SSSR count). The number of halogens is 1. The Balaban J connectivity index is 2.16. The minimum Gasteiger partial charge on any atom is -0.321 e. The van der Waals surface area contributed by atoms with Gasteiger partial charge in [0.15, 0.2) is 0 Å². The molecule has 0 bridgehead atoms. The normalized spacial score (nSPS) is 31.2. The van der Waals surface area contributed by atoms with Crippen molar-refractivity contribution >= 4 is 0 Å². The maximum absolute atomic E-state index is 13.0. The molecule has 0 unspecified atom stereocenters. The van der Waals surface area contributed by atoms with E-state index in [-0.39, 0.29) is 11.4 Å². The van der Waals surface area contributed by atoms with E-state index < -0.39 is 0 Å². The molecule has 1 nitrogen and oxygen atoms in total. The second-order valence-electron chi connectivity index (χ2n) is 4.35. The summed E-state index contributed by atoms with van der Waals surface area (Å²) < 4.78 is 13.0. The van der Waals surface area contributed by atoms with Crippen molar-refractivity contribution in [3.8, 4) is 0 Å². The number of benzene rings is 1. The zero-order valence-electron chi connectivity index (χ0n) is 8.46. The molecule has 1 aliphatic carbocycles.